The van der Waals surface area contributed by atoms with Gasteiger partial charge in [-0.3, -0.25) is 9.10 Å². The highest BCUT2D eigenvalue weighted by molar-refractivity contribution is 7.92. The SMILES string of the molecule is Cc1ccc(N(CC(=O)N/N=C\c2ccc(OCC(C)C)cc2)S(C)(=O)=O)cc1. The van der Waals surface area contributed by atoms with E-state index in [2.05, 4.69) is 24.4 Å². The van der Waals surface area contributed by atoms with E-state index in [1.54, 1.807) is 24.3 Å². The van der Waals surface area contributed by atoms with Crippen LogP contribution in [0.25, 0.3) is 0 Å². The Balaban J connectivity index is 1.95. The number of aryl methyl sites for hydroxylation is 1. The van der Waals surface area contributed by atoms with Crippen LogP contribution in [0.3, 0.4) is 0 Å². The van der Waals surface area contributed by atoms with Crippen molar-refractivity contribution in [1.82, 2.24) is 5.43 Å². The molecule has 2 rings (SSSR count). The van der Waals surface area contributed by atoms with E-state index in [1.165, 1.54) is 6.21 Å². The minimum absolute atomic E-state index is 0.360. The molecule has 1 amide bonds. The summed E-state index contributed by atoms with van der Waals surface area (Å²) in [6.07, 6.45) is 2.55. The molecule has 0 aromatic heterocycles. The van der Waals surface area contributed by atoms with Crippen molar-refractivity contribution in [1.29, 1.82) is 0 Å². The Morgan fingerprint density at radius 3 is 2.31 bits per heavy atom. The number of hydrogen-bond donors (Lipinski definition) is 1. The fraction of sp³-hybridized carbons (Fsp3) is 0.333. The molecule has 0 aliphatic carbocycles. The smallest absolute Gasteiger partial charge is 0.260 e. The zero-order valence-corrected chi connectivity index (χ0v) is 17.9. The first kappa shape index (κ1) is 22.4. The van der Waals surface area contributed by atoms with Crippen molar-refractivity contribution in [2.75, 3.05) is 23.7 Å². The Morgan fingerprint density at radius 2 is 1.76 bits per heavy atom. The summed E-state index contributed by atoms with van der Waals surface area (Å²) in [5, 5.41) is 3.90. The lowest BCUT2D eigenvalue weighted by Gasteiger charge is -2.21. The number of carbonyl (C=O) groups is 1. The summed E-state index contributed by atoms with van der Waals surface area (Å²) in [6.45, 7) is 6.34. The Morgan fingerprint density at radius 1 is 1.14 bits per heavy atom. The third-order valence-electron chi connectivity index (χ3n) is 3.88. The topological polar surface area (TPSA) is 88.1 Å². The first-order valence-corrected chi connectivity index (χ1v) is 11.1. The lowest BCUT2D eigenvalue weighted by atomic mass is 10.2. The van der Waals surface area contributed by atoms with Gasteiger partial charge in [-0.25, -0.2) is 13.8 Å². The number of nitrogens with one attached hydrogen (secondary N) is 1. The fourth-order valence-corrected chi connectivity index (χ4v) is 3.23. The molecule has 0 heterocycles. The number of hydrogen-bond acceptors (Lipinski definition) is 5. The molecule has 0 atom stereocenters. The summed E-state index contributed by atoms with van der Waals surface area (Å²) >= 11 is 0. The van der Waals surface area contributed by atoms with E-state index in [0.29, 0.717) is 18.2 Å². The zero-order chi connectivity index (χ0) is 21.4. The Bertz CT molecular complexity index is 937. The average molecular weight is 418 g/mol. The maximum Gasteiger partial charge on any atom is 0.260 e. The van der Waals surface area contributed by atoms with E-state index in [9.17, 15) is 13.2 Å². The number of amides is 1. The van der Waals surface area contributed by atoms with E-state index < -0.39 is 15.9 Å². The molecule has 2 aromatic carbocycles. The largest absolute Gasteiger partial charge is 0.493 e. The third-order valence-corrected chi connectivity index (χ3v) is 5.02. The molecule has 29 heavy (non-hydrogen) atoms. The summed E-state index contributed by atoms with van der Waals surface area (Å²) in [5.74, 6) is 0.670. The Kier molecular flexibility index (Phi) is 7.78. The Labute approximate surface area is 172 Å². The third kappa shape index (κ3) is 7.57. The molecule has 0 fully saturated rings. The van der Waals surface area contributed by atoms with Crippen LogP contribution in [0, 0.1) is 12.8 Å². The molecule has 2 aromatic rings. The van der Waals surface area contributed by atoms with Crippen LogP contribution >= 0.6 is 0 Å². The Hall–Kier alpha value is -2.87. The number of rotatable bonds is 9. The summed E-state index contributed by atoms with van der Waals surface area (Å²) in [4.78, 5) is 12.2. The van der Waals surface area contributed by atoms with Gasteiger partial charge in [-0.05, 0) is 54.8 Å². The van der Waals surface area contributed by atoms with E-state index in [4.69, 9.17) is 4.74 Å². The molecule has 0 bridgehead atoms. The van der Waals surface area contributed by atoms with Crippen molar-refractivity contribution in [3.63, 3.8) is 0 Å². The van der Waals surface area contributed by atoms with Crippen molar-refractivity contribution < 1.29 is 17.9 Å². The maximum absolute atomic E-state index is 12.2. The van der Waals surface area contributed by atoms with Gasteiger partial charge in [0.25, 0.3) is 5.91 Å². The summed E-state index contributed by atoms with van der Waals surface area (Å²) in [7, 11) is -3.61. The molecular weight excluding hydrogens is 390 g/mol. The van der Waals surface area contributed by atoms with E-state index in [-0.39, 0.29) is 6.54 Å². The molecule has 0 saturated heterocycles. The number of ether oxygens (including phenoxy) is 1. The molecule has 0 radical (unpaired) electrons. The highest BCUT2D eigenvalue weighted by Gasteiger charge is 2.20. The average Bonchev–Trinajstić information content (AvgIpc) is 2.65. The van der Waals surface area contributed by atoms with E-state index in [1.807, 2.05) is 31.2 Å². The van der Waals surface area contributed by atoms with Crippen LogP contribution in [-0.4, -0.2) is 39.9 Å². The highest BCUT2D eigenvalue weighted by atomic mass is 32.2. The van der Waals surface area contributed by atoms with Crippen LogP contribution in [0.5, 0.6) is 5.75 Å². The van der Waals surface area contributed by atoms with Gasteiger partial charge in [-0.2, -0.15) is 5.10 Å². The van der Waals surface area contributed by atoms with Gasteiger partial charge in [0.15, 0.2) is 0 Å². The standard InChI is InChI=1S/C21H27N3O4S/c1-16(2)15-28-20-11-7-18(8-12-20)13-22-23-21(25)14-24(29(4,26)27)19-9-5-17(3)6-10-19/h5-13,16H,14-15H2,1-4H3,(H,23,25)/b22-13-. The van der Waals surface area contributed by atoms with Gasteiger partial charge in [-0.15, -0.1) is 0 Å². The molecule has 0 spiro atoms. The minimum Gasteiger partial charge on any atom is -0.493 e. The number of nitrogens with zero attached hydrogens (tertiary/aromatic N) is 2. The molecule has 1 N–H and O–H groups in total. The number of carbonyl (C=O) groups excluding carboxylic acids is 1. The van der Waals surface area contributed by atoms with Crippen molar-refractivity contribution in [3.05, 3.63) is 59.7 Å². The van der Waals surface area contributed by atoms with Crippen LogP contribution in [0.1, 0.15) is 25.0 Å². The van der Waals surface area contributed by atoms with Crippen LogP contribution in [0.2, 0.25) is 0 Å². The van der Waals surface area contributed by atoms with Gasteiger partial charge < -0.3 is 4.74 Å². The first-order valence-electron chi connectivity index (χ1n) is 9.24. The molecular formula is C21H27N3O4S. The monoisotopic (exact) mass is 417 g/mol. The number of anilines is 1. The molecule has 156 valence electrons. The van der Waals surface area contributed by atoms with Crippen molar-refractivity contribution in [3.8, 4) is 5.75 Å². The summed E-state index contributed by atoms with van der Waals surface area (Å²) < 4.78 is 30.8. The quantitative estimate of drug-likeness (QED) is 0.502. The van der Waals surface area contributed by atoms with Crippen LogP contribution < -0.4 is 14.5 Å². The van der Waals surface area contributed by atoms with Crippen LogP contribution in [0.15, 0.2) is 53.6 Å². The number of hydrazone groups is 1. The maximum atomic E-state index is 12.2. The number of benzene rings is 2. The van der Waals surface area contributed by atoms with E-state index in [0.717, 1.165) is 27.4 Å². The highest BCUT2D eigenvalue weighted by Crippen LogP contribution is 2.17. The minimum atomic E-state index is -3.61. The van der Waals surface area contributed by atoms with Crippen LogP contribution in [-0.2, 0) is 14.8 Å². The zero-order valence-electron chi connectivity index (χ0n) is 17.1. The molecule has 0 saturated carbocycles. The predicted molar refractivity (Wildman–Crippen MR) is 116 cm³/mol. The normalized spacial score (nSPS) is 11.6. The van der Waals surface area contributed by atoms with Crippen molar-refractivity contribution >= 4 is 27.8 Å². The second-order valence-corrected chi connectivity index (χ2v) is 9.08. The summed E-state index contributed by atoms with van der Waals surface area (Å²) in [5.41, 5.74) is 4.56. The molecule has 8 heteroatoms. The lowest BCUT2D eigenvalue weighted by Crippen LogP contribution is -2.39. The van der Waals surface area contributed by atoms with Crippen molar-refractivity contribution in [2.45, 2.75) is 20.8 Å². The second kappa shape index (κ2) is 10.1. The molecule has 0 aliphatic heterocycles. The lowest BCUT2D eigenvalue weighted by molar-refractivity contribution is -0.119. The molecule has 0 unspecified atom stereocenters. The van der Waals surface area contributed by atoms with Gasteiger partial charge in [0.05, 0.1) is 24.8 Å². The van der Waals surface area contributed by atoms with Crippen molar-refractivity contribution in [2.24, 2.45) is 11.0 Å². The molecule has 0 aliphatic rings. The van der Waals surface area contributed by atoms with Gasteiger partial charge in [0, 0.05) is 0 Å². The van der Waals surface area contributed by atoms with Crippen LogP contribution in [0.4, 0.5) is 5.69 Å². The van der Waals surface area contributed by atoms with E-state index >= 15 is 0 Å². The number of sulfonamides is 1. The van der Waals surface area contributed by atoms with Gasteiger partial charge in [0.2, 0.25) is 10.0 Å². The first-order chi connectivity index (χ1) is 13.6. The van der Waals surface area contributed by atoms with Gasteiger partial charge in [-0.1, -0.05) is 31.5 Å². The van der Waals surface area contributed by atoms with Gasteiger partial charge in [0.1, 0.15) is 12.3 Å². The fourth-order valence-electron chi connectivity index (χ4n) is 2.37. The van der Waals surface area contributed by atoms with Gasteiger partial charge >= 0.3 is 0 Å². The predicted octanol–water partition coefficient (Wildman–Crippen LogP) is 2.95. The summed E-state index contributed by atoms with van der Waals surface area (Å²) in [6, 6.07) is 14.2. The molecule has 7 nitrogen and oxygen atoms in total. The second-order valence-electron chi connectivity index (χ2n) is 7.17.